The van der Waals surface area contributed by atoms with Crippen LogP contribution in [0.3, 0.4) is 0 Å². The molecule has 0 spiro atoms. The van der Waals surface area contributed by atoms with Crippen molar-refractivity contribution >= 4 is 56.2 Å². The number of fused-ring (bicyclic) bond motifs is 5. The summed E-state index contributed by atoms with van der Waals surface area (Å²) in [6.07, 6.45) is 1.10. The summed E-state index contributed by atoms with van der Waals surface area (Å²) in [5.41, 5.74) is 7.17. The number of nitrogens with zero attached hydrogens (tertiary/aromatic N) is 6. The quantitative estimate of drug-likeness (QED) is 0.240. The first kappa shape index (κ1) is 18.9. The van der Waals surface area contributed by atoms with Gasteiger partial charge < -0.3 is 24.0 Å². The Balaban J connectivity index is 1.53. The lowest BCUT2D eigenvalue weighted by Crippen LogP contribution is -2.40. The third-order valence-electron chi connectivity index (χ3n) is 8.18. The van der Waals surface area contributed by atoms with E-state index in [0.29, 0.717) is 17.1 Å². The van der Waals surface area contributed by atoms with Crippen molar-refractivity contribution in [3.63, 3.8) is 0 Å². The van der Waals surface area contributed by atoms with E-state index in [4.69, 9.17) is 11.3 Å². The molecule has 0 aliphatic carbocycles. The second kappa shape index (κ2) is 8.63. The molecule has 5 aromatic rings. The van der Waals surface area contributed by atoms with Crippen molar-refractivity contribution in [2.45, 2.75) is 53.8 Å². The van der Waals surface area contributed by atoms with Crippen molar-refractivity contribution in [2.75, 3.05) is 32.6 Å². The van der Waals surface area contributed by atoms with Gasteiger partial charge in [0, 0.05) is 42.7 Å². The number of rotatable bonds is 4. The highest BCUT2D eigenvalue weighted by molar-refractivity contribution is 6.12. The van der Waals surface area contributed by atoms with Crippen LogP contribution in [0.25, 0.3) is 22.1 Å². The first-order valence-electron chi connectivity index (χ1n) is 15.8. The van der Waals surface area contributed by atoms with Crippen molar-refractivity contribution in [1.29, 1.82) is 0 Å². The van der Waals surface area contributed by atoms with Crippen molar-refractivity contribution in [1.82, 2.24) is 9.97 Å². The standard InChI is InChI=1S/C32H34N6O/c1-7-35-21(5)37(27-15-11-9-13-25(27)35)29-17-23-24-18-33-20(4)34-32(24)39-31(23)30(19(29)3)38-22(6)36(8-2)26-14-10-12-16-28(26)38/h9-18,21-22H,7-8H2,1-6H3/t21-,22+/m1/s1/i2D3,7D2. The van der Waals surface area contributed by atoms with E-state index in [0.717, 1.165) is 50.5 Å². The van der Waals surface area contributed by atoms with Gasteiger partial charge >= 0.3 is 0 Å². The van der Waals surface area contributed by atoms with Crippen molar-refractivity contribution < 1.29 is 11.3 Å². The Morgan fingerprint density at radius 2 is 1.51 bits per heavy atom. The molecule has 198 valence electrons. The minimum atomic E-state index is -2.16. The number of furan rings is 1. The van der Waals surface area contributed by atoms with Crippen LogP contribution < -0.4 is 19.6 Å². The number of aryl methyl sites for hydroxylation is 1. The Morgan fingerprint density at radius 1 is 0.872 bits per heavy atom. The first-order chi connectivity index (χ1) is 20.8. The zero-order valence-corrected chi connectivity index (χ0v) is 22.7. The minimum absolute atomic E-state index is 0.106. The average molecular weight is 524 g/mol. The molecule has 0 fully saturated rings. The molecule has 2 atom stereocenters. The molecule has 2 aromatic heterocycles. The summed E-state index contributed by atoms with van der Waals surface area (Å²) in [6, 6.07) is 17.8. The molecule has 3 aromatic carbocycles. The summed E-state index contributed by atoms with van der Waals surface area (Å²) in [5, 5.41) is 1.60. The first-order valence-corrected chi connectivity index (χ1v) is 13.3. The highest BCUT2D eigenvalue weighted by atomic mass is 16.3. The summed E-state index contributed by atoms with van der Waals surface area (Å²) in [5.74, 6) is 0.599. The van der Waals surface area contributed by atoms with Gasteiger partial charge in [-0.2, -0.15) is 4.98 Å². The number of aromatic nitrogens is 2. The summed E-state index contributed by atoms with van der Waals surface area (Å²) in [4.78, 5) is 17.2. The number of hydrogen-bond acceptors (Lipinski definition) is 7. The lowest BCUT2D eigenvalue weighted by atomic mass is 10.0. The van der Waals surface area contributed by atoms with Gasteiger partial charge in [-0.25, -0.2) is 4.98 Å². The van der Waals surface area contributed by atoms with E-state index in [1.165, 1.54) is 0 Å². The zero-order valence-electron chi connectivity index (χ0n) is 27.7. The molecule has 7 rings (SSSR count). The van der Waals surface area contributed by atoms with Gasteiger partial charge in [-0.3, -0.25) is 0 Å². The van der Waals surface area contributed by atoms with E-state index in [-0.39, 0.29) is 18.9 Å². The molecule has 0 amide bonds. The average Bonchev–Trinajstić information content (AvgIpc) is 3.54. The maximum atomic E-state index is 8.69. The second-order valence-electron chi connectivity index (χ2n) is 10.2. The van der Waals surface area contributed by atoms with E-state index in [2.05, 4.69) is 32.8 Å². The van der Waals surface area contributed by atoms with Crippen molar-refractivity contribution in [2.24, 2.45) is 0 Å². The van der Waals surface area contributed by atoms with E-state index < -0.39 is 13.3 Å². The third kappa shape index (κ3) is 3.22. The van der Waals surface area contributed by atoms with Gasteiger partial charge in [-0.1, -0.05) is 24.3 Å². The molecule has 0 bridgehead atoms. The topological polar surface area (TPSA) is 51.9 Å². The molecule has 0 unspecified atom stereocenters. The Bertz CT molecular complexity index is 1930. The lowest BCUT2D eigenvalue weighted by molar-refractivity contribution is 0.641. The third-order valence-corrected chi connectivity index (χ3v) is 8.18. The van der Waals surface area contributed by atoms with E-state index >= 15 is 0 Å². The van der Waals surface area contributed by atoms with Crippen LogP contribution in [0.15, 0.2) is 65.2 Å². The monoisotopic (exact) mass is 523 g/mol. The van der Waals surface area contributed by atoms with Crippen molar-refractivity contribution in [3.05, 3.63) is 72.2 Å². The fourth-order valence-electron chi connectivity index (χ4n) is 6.39. The Hall–Kier alpha value is -4.26. The predicted octanol–water partition coefficient (Wildman–Crippen LogP) is 7.64. The summed E-state index contributed by atoms with van der Waals surface area (Å²) in [6.45, 7) is 5.60. The maximum Gasteiger partial charge on any atom is 0.230 e. The summed E-state index contributed by atoms with van der Waals surface area (Å²) < 4.78 is 48.1. The van der Waals surface area contributed by atoms with Crippen LogP contribution in [0.2, 0.25) is 0 Å². The van der Waals surface area contributed by atoms with Crippen LogP contribution in [0.1, 0.15) is 45.9 Å². The molecular formula is C32H34N6O. The van der Waals surface area contributed by atoms with Crippen LogP contribution >= 0.6 is 0 Å². The van der Waals surface area contributed by atoms with Gasteiger partial charge in [0.2, 0.25) is 5.71 Å². The van der Waals surface area contributed by atoms with Gasteiger partial charge in [0.05, 0.1) is 33.8 Å². The van der Waals surface area contributed by atoms with Crippen LogP contribution in [0.4, 0.5) is 34.1 Å². The molecule has 39 heavy (non-hydrogen) atoms. The minimum Gasteiger partial charge on any atom is -0.435 e. The molecule has 7 heteroatoms. The molecule has 7 nitrogen and oxygen atoms in total. The van der Waals surface area contributed by atoms with Gasteiger partial charge in [0.15, 0.2) is 5.58 Å². The molecule has 0 saturated heterocycles. The van der Waals surface area contributed by atoms with Crippen LogP contribution in [-0.4, -0.2) is 35.3 Å². The normalized spacial score (nSPS) is 21.1. The van der Waals surface area contributed by atoms with E-state index in [1.54, 1.807) is 18.0 Å². The predicted molar refractivity (Wildman–Crippen MR) is 161 cm³/mol. The molecule has 4 heterocycles. The molecule has 2 aliphatic heterocycles. The lowest BCUT2D eigenvalue weighted by Gasteiger charge is -2.34. The summed E-state index contributed by atoms with van der Waals surface area (Å²) in [7, 11) is 0. The highest BCUT2D eigenvalue weighted by Crippen LogP contribution is 2.53. The zero-order chi connectivity index (χ0) is 31.3. The number of hydrogen-bond donors (Lipinski definition) is 0. The molecule has 2 aliphatic rings. The fraction of sp³-hybridized carbons (Fsp3) is 0.312. The second-order valence-corrected chi connectivity index (χ2v) is 10.2. The van der Waals surface area contributed by atoms with Gasteiger partial charge in [-0.15, -0.1) is 0 Å². The molecular weight excluding hydrogens is 484 g/mol. The Morgan fingerprint density at radius 3 is 2.21 bits per heavy atom. The van der Waals surface area contributed by atoms with E-state index in [9.17, 15) is 0 Å². The Labute approximate surface area is 236 Å². The van der Waals surface area contributed by atoms with Gasteiger partial charge in [-0.05, 0) is 71.8 Å². The summed E-state index contributed by atoms with van der Waals surface area (Å²) >= 11 is 0. The van der Waals surface area contributed by atoms with Crippen LogP contribution in [0.5, 0.6) is 0 Å². The van der Waals surface area contributed by atoms with Gasteiger partial charge in [0.1, 0.15) is 18.2 Å². The SMILES string of the molecule is [2H]C([2H])([2H])CN1c2ccccc2N(c2c(C)c(N3c4ccccc4N(C([2H])([2H])C)[C@H]3C)cc3c2oc2nc(C)ncc23)[C@H]1C. The smallest absolute Gasteiger partial charge is 0.230 e. The highest BCUT2D eigenvalue weighted by Gasteiger charge is 2.39. The molecule has 0 N–H and O–H groups in total. The van der Waals surface area contributed by atoms with Crippen LogP contribution in [0, 0.1) is 13.8 Å². The van der Waals surface area contributed by atoms with Crippen molar-refractivity contribution in [3.8, 4) is 0 Å². The Kier molecular flexibility index (Phi) is 4.18. The fourth-order valence-corrected chi connectivity index (χ4v) is 6.39. The van der Waals surface area contributed by atoms with Gasteiger partial charge in [0.25, 0.3) is 0 Å². The molecule has 0 radical (unpaired) electrons. The number of benzene rings is 3. The van der Waals surface area contributed by atoms with E-state index in [1.807, 2.05) is 74.2 Å². The maximum absolute atomic E-state index is 8.69. The largest absolute Gasteiger partial charge is 0.435 e. The number of anilines is 6. The number of para-hydroxylation sites is 4. The molecule has 0 saturated carbocycles. The van der Waals surface area contributed by atoms with Crippen LogP contribution in [-0.2, 0) is 0 Å².